The molecule has 2 aromatic carbocycles. The zero-order valence-corrected chi connectivity index (χ0v) is 13.0. The molecule has 0 aliphatic rings. The Morgan fingerprint density at radius 2 is 1.56 bits per heavy atom. The molecule has 1 heterocycles. The van der Waals surface area contributed by atoms with Crippen molar-refractivity contribution in [3.63, 3.8) is 0 Å². The Labute approximate surface area is 137 Å². The molecule has 0 aliphatic heterocycles. The van der Waals surface area contributed by atoms with E-state index < -0.39 is 20.9 Å². The molecule has 0 amide bonds. The average Bonchev–Trinajstić information content (AvgIpc) is 2.98. The van der Waals surface area contributed by atoms with Gasteiger partial charge in [0.1, 0.15) is 17.0 Å². The Morgan fingerprint density at radius 1 is 0.920 bits per heavy atom. The van der Waals surface area contributed by atoms with Gasteiger partial charge in [0.05, 0.1) is 11.4 Å². The molecule has 3 rings (SSSR count). The summed E-state index contributed by atoms with van der Waals surface area (Å²) in [4.78, 5) is 1.92. The molecule has 0 saturated heterocycles. The number of anilines is 1. The fraction of sp³-hybridized carbons (Fsp3) is 0. The van der Waals surface area contributed by atoms with E-state index in [1.165, 1.54) is 18.5 Å². The number of nitrogens with zero attached hydrogens (tertiary/aromatic N) is 3. The fourth-order valence-electron chi connectivity index (χ4n) is 2.04. The van der Waals surface area contributed by atoms with E-state index in [4.69, 9.17) is 5.73 Å². The average molecular weight is 380 g/mol. The lowest BCUT2D eigenvalue weighted by Gasteiger charge is -2.40. The molecule has 4 nitrogen and oxygen atoms in total. The van der Waals surface area contributed by atoms with Crippen molar-refractivity contribution in [2.75, 3.05) is 5.73 Å². The lowest BCUT2D eigenvalue weighted by molar-refractivity contribution is 0.364. The first-order valence-corrected chi connectivity index (χ1v) is 8.60. The van der Waals surface area contributed by atoms with Crippen LogP contribution in [0.1, 0.15) is 0 Å². The zero-order valence-electron chi connectivity index (χ0n) is 12.2. The Bertz CT molecular complexity index is 950. The van der Waals surface area contributed by atoms with Crippen molar-refractivity contribution in [1.82, 2.24) is 14.8 Å². The number of nitrogen functional groups attached to an aromatic ring is 1. The van der Waals surface area contributed by atoms with Gasteiger partial charge < -0.3 is 5.73 Å². The van der Waals surface area contributed by atoms with Gasteiger partial charge in [-0.2, -0.15) is 0 Å². The van der Waals surface area contributed by atoms with Gasteiger partial charge in [-0.3, -0.25) is 0 Å². The van der Waals surface area contributed by atoms with E-state index in [0.717, 1.165) is 22.9 Å². The standard InChI is InChI=1S/C14H10F6N4S/c15-12-7-9(1-6-13(12)21)14-22-8-24(23-14)10-2-4-11(5-3-10)25(16,17,18,19)20/h1-8H,21H2. The predicted octanol–water partition coefficient (Wildman–Crippen LogP) is 5.31. The SMILES string of the molecule is Nc1ccc(-c2ncn(-c3ccc(S(F)(F)(F)(F)F)cc3)n2)cc1F. The third kappa shape index (κ3) is 3.55. The fourth-order valence-corrected chi connectivity index (χ4v) is 2.69. The number of nitrogens with two attached hydrogens (primary N) is 1. The summed E-state index contributed by atoms with van der Waals surface area (Å²) < 4.78 is 78.0. The second-order valence-corrected chi connectivity index (χ2v) is 7.62. The van der Waals surface area contributed by atoms with E-state index in [1.54, 1.807) is 0 Å². The highest BCUT2D eigenvalue weighted by molar-refractivity contribution is 8.45. The van der Waals surface area contributed by atoms with E-state index in [9.17, 15) is 23.8 Å². The quantitative estimate of drug-likeness (QED) is 0.495. The minimum absolute atomic E-state index is 0.0604. The lowest BCUT2D eigenvalue weighted by atomic mass is 10.2. The maximum Gasteiger partial charge on any atom is 0.310 e. The van der Waals surface area contributed by atoms with Gasteiger partial charge in [0.25, 0.3) is 0 Å². The normalized spacial score (nSPS) is 14.8. The van der Waals surface area contributed by atoms with Gasteiger partial charge in [-0.1, -0.05) is 19.4 Å². The summed E-state index contributed by atoms with van der Waals surface area (Å²) in [6.07, 6.45) is 1.17. The highest BCUT2D eigenvalue weighted by Gasteiger charge is 2.65. The minimum atomic E-state index is -9.72. The molecule has 0 atom stereocenters. The molecule has 11 heteroatoms. The number of benzene rings is 2. The largest absolute Gasteiger partial charge is 0.396 e. The smallest absolute Gasteiger partial charge is 0.310 e. The molecule has 0 bridgehead atoms. The third-order valence-electron chi connectivity index (χ3n) is 3.30. The summed E-state index contributed by atoms with van der Waals surface area (Å²) in [6.45, 7) is 0. The monoisotopic (exact) mass is 380 g/mol. The maximum absolute atomic E-state index is 13.5. The van der Waals surface area contributed by atoms with E-state index in [2.05, 4.69) is 10.1 Å². The first-order valence-electron chi connectivity index (χ1n) is 6.65. The van der Waals surface area contributed by atoms with Crippen molar-refractivity contribution >= 4 is 15.9 Å². The van der Waals surface area contributed by atoms with Crippen molar-refractivity contribution in [3.8, 4) is 17.1 Å². The van der Waals surface area contributed by atoms with Gasteiger partial charge in [0.2, 0.25) is 0 Å². The zero-order chi connectivity index (χ0) is 18.5. The Hall–Kier alpha value is -2.69. The molecule has 2 N–H and O–H groups in total. The van der Waals surface area contributed by atoms with E-state index in [1.807, 2.05) is 0 Å². The molecule has 0 spiro atoms. The van der Waals surface area contributed by atoms with E-state index in [-0.39, 0.29) is 29.3 Å². The van der Waals surface area contributed by atoms with Crippen molar-refractivity contribution in [2.24, 2.45) is 0 Å². The first kappa shape index (κ1) is 17.1. The Kier molecular flexibility index (Phi) is 3.21. The number of rotatable bonds is 3. The van der Waals surface area contributed by atoms with Gasteiger partial charge in [0, 0.05) is 5.56 Å². The van der Waals surface area contributed by atoms with Crippen LogP contribution in [0.15, 0.2) is 53.7 Å². The van der Waals surface area contributed by atoms with Crippen LogP contribution in [0.2, 0.25) is 0 Å². The number of hydrogen-bond acceptors (Lipinski definition) is 3. The molecular weight excluding hydrogens is 370 g/mol. The predicted molar refractivity (Wildman–Crippen MR) is 82.6 cm³/mol. The molecule has 0 saturated carbocycles. The van der Waals surface area contributed by atoms with Crippen molar-refractivity contribution in [2.45, 2.75) is 4.90 Å². The van der Waals surface area contributed by atoms with Crippen LogP contribution < -0.4 is 5.73 Å². The van der Waals surface area contributed by atoms with Crippen molar-refractivity contribution in [1.29, 1.82) is 0 Å². The Morgan fingerprint density at radius 3 is 2.12 bits per heavy atom. The van der Waals surface area contributed by atoms with Crippen molar-refractivity contribution in [3.05, 3.63) is 54.6 Å². The van der Waals surface area contributed by atoms with Crippen LogP contribution in [-0.4, -0.2) is 14.8 Å². The second kappa shape index (κ2) is 4.69. The van der Waals surface area contributed by atoms with Crippen LogP contribution in [0, 0.1) is 5.82 Å². The molecule has 0 unspecified atom stereocenters. The Balaban J connectivity index is 1.94. The van der Waals surface area contributed by atoms with E-state index in [0.29, 0.717) is 5.56 Å². The molecule has 3 aromatic rings. The highest BCUT2D eigenvalue weighted by atomic mass is 32.5. The van der Waals surface area contributed by atoms with Crippen LogP contribution >= 0.6 is 10.2 Å². The van der Waals surface area contributed by atoms with Crippen LogP contribution in [0.3, 0.4) is 0 Å². The summed E-state index contributed by atoms with van der Waals surface area (Å²) in [5.41, 5.74) is 5.69. The summed E-state index contributed by atoms with van der Waals surface area (Å²) >= 11 is 0. The molecule has 0 aliphatic carbocycles. The summed E-state index contributed by atoms with van der Waals surface area (Å²) in [5, 5.41) is 3.99. The van der Waals surface area contributed by atoms with Crippen LogP contribution in [0.4, 0.5) is 29.5 Å². The van der Waals surface area contributed by atoms with Crippen LogP contribution in [0.25, 0.3) is 17.1 Å². The highest BCUT2D eigenvalue weighted by Crippen LogP contribution is 3.02. The van der Waals surface area contributed by atoms with Gasteiger partial charge in [0.15, 0.2) is 5.82 Å². The number of halogens is 6. The van der Waals surface area contributed by atoms with Gasteiger partial charge in [-0.05, 0) is 42.5 Å². The lowest BCUT2D eigenvalue weighted by Crippen LogP contribution is -2.06. The molecule has 25 heavy (non-hydrogen) atoms. The third-order valence-corrected chi connectivity index (χ3v) is 4.46. The van der Waals surface area contributed by atoms with Crippen molar-refractivity contribution < 1.29 is 23.8 Å². The topological polar surface area (TPSA) is 56.7 Å². The minimum Gasteiger partial charge on any atom is -0.396 e. The molecule has 1 aromatic heterocycles. The number of aromatic nitrogens is 3. The van der Waals surface area contributed by atoms with Gasteiger partial charge >= 0.3 is 10.2 Å². The van der Waals surface area contributed by atoms with Crippen LogP contribution in [0.5, 0.6) is 0 Å². The number of hydrogen-bond donors (Lipinski definition) is 1. The second-order valence-electron chi connectivity index (χ2n) is 5.21. The summed E-state index contributed by atoms with van der Waals surface area (Å²) in [6, 6.07) is 6.13. The first-order chi connectivity index (χ1) is 11.3. The molecular formula is C14H10F6N4S. The van der Waals surface area contributed by atoms with Gasteiger partial charge in [-0.25, -0.2) is 14.1 Å². The van der Waals surface area contributed by atoms with E-state index >= 15 is 0 Å². The van der Waals surface area contributed by atoms with Crippen LogP contribution in [-0.2, 0) is 0 Å². The molecule has 0 fully saturated rings. The van der Waals surface area contributed by atoms with Gasteiger partial charge in [-0.15, -0.1) is 5.10 Å². The summed E-state index contributed by atoms with van der Waals surface area (Å²) in [7, 11) is -9.72. The maximum atomic E-state index is 13.5. The molecule has 134 valence electrons. The summed E-state index contributed by atoms with van der Waals surface area (Å²) in [5.74, 6) is -0.579. The molecule has 0 radical (unpaired) electrons.